The molecule has 32 heavy (non-hydrogen) atoms. The molecule has 0 aliphatic carbocycles. The fourth-order valence-corrected chi connectivity index (χ4v) is 4.44. The molecule has 1 aromatic heterocycles. The summed E-state index contributed by atoms with van der Waals surface area (Å²) in [6, 6.07) is 5.96. The van der Waals surface area contributed by atoms with Crippen molar-refractivity contribution in [3.05, 3.63) is 40.3 Å². The van der Waals surface area contributed by atoms with E-state index in [1.165, 1.54) is 23.5 Å². The normalized spacial score (nSPS) is 11.9. The lowest BCUT2D eigenvalue weighted by Gasteiger charge is -2.19. The van der Waals surface area contributed by atoms with E-state index < -0.39 is 21.7 Å². The Labute approximate surface area is 193 Å². The summed E-state index contributed by atoms with van der Waals surface area (Å²) in [5, 5.41) is 8.01. The maximum atomic E-state index is 12.5. The molecule has 0 saturated heterocycles. The fourth-order valence-electron chi connectivity index (χ4n) is 2.53. The third-order valence-electron chi connectivity index (χ3n) is 3.92. The topological polar surface area (TPSA) is 126 Å². The van der Waals surface area contributed by atoms with E-state index in [2.05, 4.69) is 20.3 Å². The van der Waals surface area contributed by atoms with Gasteiger partial charge in [-0.15, -0.1) is 11.3 Å². The first-order valence-corrected chi connectivity index (χ1v) is 12.5. The molecule has 2 rings (SSSR count). The Bertz CT molecular complexity index is 1040. The van der Waals surface area contributed by atoms with Crippen LogP contribution in [0.4, 0.5) is 10.5 Å². The van der Waals surface area contributed by atoms with Crippen molar-refractivity contribution in [3.8, 4) is 0 Å². The smallest absolute Gasteiger partial charge is 0.407 e. The number of carbonyl (C=O) groups is 2. The zero-order valence-electron chi connectivity index (χ0n) is 18.9. The molecule has 0 radical (unpaired) electrons. The van der Waals surface area contributed by atoms with E-state index >= 15 is 0 Å². The summed E-state index contributed by atoms with van der Waals surface area (Å²) in [4.78, 5) is 28.4. The van der Waals surface area contributed by atoms with Gasteiger partial charge in [-0.2, -0.15) is 0 Å². The third-order valence-corrected chi connectivity index (χ3v) is 6.57. The molecule has 0 unspecified atom stereocenters. The van der Waals surface area contributed by atoms with Crippen LogP contribution in [-0.4, -0.2) is 44.1 Å². The molecular weight excluding hydrogens is 452 g/mol. The maximum absolute atomic E-state index is 12.5. The van der Waals surface area contributed by atoms with Gasteiger partial charge in [0.15, 0.2) is 0 Å². The molecule has 0 aliphatic rings. The Morgan fingerprint density at radius 3 is 2.53 bits per heavy atom. The van der Waals surface area contributed by atoms with Crippen LogP contribution in [0, 0.1) is 0 Å². The van der Waals surface area contributed by atoms with Gasteiger partial charge in [0.05, 0.1) is 22.0 Å². The maximum Gasteiger partial charge on any atom is 0.407 e. The number of rotatable bonds is 9. The number of thiazole rings is 1. The number of nitrogens with zero attached hydrogens (tertiary/aromatic N) is 1. The summed E-state index contributed by atoms with van der Waals surface area (Å²) in [5.74, 6) is 0.0141. The van der Waals surface area contributed by atoms with Crippen molar-refractivity contribution in [2.24, 2.45) is 0 Å². The van der Waals surface area contributed by atoms with Crippen LogP contribution < -0.4 is 15.4 Å². The Morgan fingerprint density at radius 2 is 1.91 bits per heavy atom. The van der Waals surface area contributed by atoms with E-state index in [0.29, 0.717) is 17.3 Å². The van der Waals surface area contributed by atoms with Crippen molar-refractivity contribution in [3.63, 3.8) is 0 Å². The second-order valence-electron chi connectivity index (χ2n) is 8.41. The van der Waals surface area contributed by atoms with Crippen molar-refractivity contribution in [1.82, 2.24) is 15.0 Å². The number of hydrogen-bond acceptors (Lipinski definition) is 7. The average molecular weight is 483 g/mol. The van der Waals surface area contributed by atoms with Gasteiger partial charge < -0.3 is 15.4 Å². The number of alkyl carbamates (subject to hydrolysis) is 1. The first kappa shape index (κ1) is 25.8. The Kier molecular flexibility index (Phi) is 8.76. The highest BCUT2D eigenvalue weighted by Crippen LogP contribution is 2.20. The number of carbonyl (C=O) groups excluding carboxylic acids is 2. The predicted octanol–water partition coefficient (Wildman–Crippen LogP) is 3.25. The summed E-state index contributed by atoms with van der Waals surface area (Å²) in [7, 11) is -3.82. The minimum absolute atomic E-state index is 0.00307. The summed E-state index contributed by atoms with van der Waals surface area (Å²) in [6.07, 6.45) is -0.517. The Balaban J connectivity index is 1.89. The van der Waals surface area contributed by atoms with Crippen molar-refractivity contribution < 1.29 is 22.7 Å². The van der Waals surface area contributed by atoms with Crippen LogP contribution >= 0.6 is 11.3 Å². The van der Waals surface area contributed by atoms with Gasteiger partial charge >= 0.3 is 6.09 Å². The third kappa shape index (κ3) is 8.56. The molecule has 0 saturated carbocycles. The molecule has 11 heteroatoms. The second-order valence-corrected chi connectivity index (χ2v) is 11.1. The quantitative estimate of drug-likeness (QED) is 0.471. The molecule has 0 bridgehead atoms. The molecular formula is C21H30N4O5S2. The van der Waals surface area contributed by atoms with Gasteiger partial charge in [-0.25, -0.2) is 22.9 Å². The van der Waals surface area contributed by atoms with Crippen LogP contribution in [0.25, 0.3) is 0 Å². The molecule has 9 nitrogen and oxygen atoms in total. The highest BCUT2D eigenvalue weighted by atomic mass is 32.2. The lowest BCUT2D eigenvalue weighted by molar-refractivity contribution is -0.115. The largest absolute Gasteiger partial charge is 0.444 e. The van der Waals surface area contributed by atoms with Gasteiger partial charge in [-0.3, -0.25) is 4.79 Å². The van der Waals surface area contributed by atoms with Crippen molar-refractivity contribution in [1.29, 1.82) is 0 Å². The van der Waals surface area contributed by atoms with Gasteiger partial charge in [-0.1, -0.05) is 19.9 Å². The van der Waals surface area contributed by atoms with Gasteiger partial charge in [0.25, 0.3) is 0 Å². The van der Waals surface area contributed by atoms with Crippen LogP contribution in [0.3, 0.4) is 0 Å². The number of benzene rings is 1. The molecule has 2 aromatic rings. The van der Waals surface area contributed by atoms with E-state index in [0.717, 1.165) is 5.01 Å². The minimum Gasteiger partial charge on any atom is -0.444 e. The van der Waals surface area contributed by atoms with Crippen LogP contribution in [0.5, 0.6) is 0 Å². The summed E-state index contributed by atoms with van der Waals surface area (Å²) < 4.78 is 32.5. The zero-order chi connectivity index (χ0) is 23.9. The number of amides is 2. The molecule has 1 aromatic carbocycles. The van der Waals surface area contributed by atoms with Crippen molar-refractivity contribution in [2.75, 3.05) is 18.4 Å². The Hall–Kier alpha value is -2.50. The molecule has 0 spiro atoms. The molecule has 2 amide bonds. The number of ether oxygens (including phenoxy) is 1. The molecule has 1 heterocycles. The van der Waals surface area contributed by atoms with E-state index in [-0.39, 0.29) is 30.3 Å². The van der Waals surface area contributed by atoms with Crippen LogP contribution in [0.2, 0.25) is 0 Å². The average Bonchev–Trinajstić information content (AvgIpc) is 3.13. The zero-order valence-corrected chi connectivity index (χ0v) is 20.5. The first-order valence-electron chi connectivity index (χ1n) is 10.2. The number of sulfonamides is 1. The number of hydrogen-bond donors (Lipinski definition) is 3. The highest BCUT2D eigenvalue weighted by molar-refractivity contribution is 7.89. The SMILES string of the molecule is CC(C)c1nc(CC(=O)Nc2cccc(S(=O)(=O)NCCNC(=O)OC(C)(C)C)c2)cs1. The first-order chi connectivity index (χ1) is 14.9. The second kappa shape index (κ2) is 10.9. The van der Waals surface area contributed by atoms with Crippen LogP contribution in [-0.2, 0) is 26.0 Å². The lowest BCUT2D eigenvalue weighted by Crippen LogP contribution is -2.37. The van der Waals surface area contributed by atoms with Gasteiger partial charge in [0.1, 0.15) is 5.60 Å². The summed E-state index contributed by atoms with van der Waals surface area (Å²) in [5.41, 5.74) is 0.410. The van der Waals surface area contributed by atoms with E-state index in [9.17, 15) is 18.0 Å². The molecule has 176 valence electrons. The summed E-state index contributed by atoms with van der Waals surface area (Å²) >= 11 is 1.51. The van der Waals surface area contributed by atoms with Gasteiger partial charge in [-0.05, 0) is 39.0 Å². The standard InChI is InChI=1S/C21H30N4O5S2/c1-14(2)19-25-16(13-31-19)12-18(26)24-15-7-6-8-17(11-15)32(28,29)23-10-9-22-20(27)30-21(3,4)5/h6-8,11,13-14,23H,9-10,12H2,1-5H3,(H,22,27)(H,24,26). The Morgan fingerprint density at radius 1 is 1.19 bits per heavy atom. The minimum atomic E-state index is -3.82. The monoisotopic (exact) mass is 482 g/mol. The van der Waals surface area contributed by atoms with E-state index in [4.69, 9.17) is 4.74 Å². The predicted molar refractivity (Wildman–Crippen MR) is 124 cm³/mol. The summed E-state index contributed by atoms with van der Waals surface area (Å²) in [6.45, 7) is 9.34. The molecule has 0 aliphatic heterocycles. The molecule has 3 N–H and O–H groups in total. The van der Waals surface area contributed by atoms with Gasteiger partial charge in [0, 0.05) is 30.1 Å². The van der Waals surface area contributed by atoms with Crippen LogP contribution in [0.1, 0.15) is 51.2 Å². The van der Waals surface area contributed by atoms with Gasteiger partial charge in [0.2, 0.25) is 15.9 Å². The molecule has 0 atom stereocenters. The van der Waals surface area contributed by atoms with Crippen molar-refractivity contribution in [2.45, 2.75) is 57.5 Å². The van der Waals surface area contributed by atoms with Crippen LogP contribution in [0.15, 0.2) is 34.5 Å². The van der Waals surface area contributed by atoms with Crippen molar-refractivity contribution >= 4 is 39.0 Å². The van der Waals surface area contributed by atoms with E-state index in [1.54, 1.807) is 32.9 Å². The lowest BCUT2D eigenvalue weighted by atomic mass is 10.2. The molecule has 0 fully saturated rings. The number of aromatic nitrogens is 1. The fraction of sp³-hybridized carbons (Fsp3) is 0.476. The number of anilines is 1. The highest BCUT2D eigenvalue weighted by Gasteiger charge is 2.17. The van der Waals surface area contributed by atoms with E-state index in [1.807, 2.05) is 19.2 Å². The number of nitrogens with one attached hydrogen (secondary N) is 3.